The molecule has 2 rings (SSSR count). The number of para-hydroxylation sites is 3. The van der Waals surface area contributed by atoms with Gasteiger partial charge in [0, 0.05) is 12.7 Å². The van der Waals surface area contributed by atoms with Crippen LogP contribution in [0.2, 0.25) is 0 Å². The number of hydrogen-bond donors (Lipinski definition) is 1. The van der Waals surface area contributed by atoms with Crippen molar-refractivity contribution in [3.05, 3.63) is 54.6 Å². The zero-order valence-corrected chi connectivity index (χ0v) is 12.4. The summed E-state index contributed by atoms with van der Waals surface area (Å²) < 4.78 is 5.53. The number of carbonyl (C=O) groups excluding carboxylic acids is 1. The van der Waals surface area contributed by atoms with E-state index >= 15 is 0 Å². The van der Waals surface area contributed by atoms with E-state index in [0.29, 0.717) is 6.61 Å². The molecule has 0 spiro atoms. The number of anilines is 2. The Morgan fingerprint density at radius 3 is 2.48 bits per heavy atom. The van der Waals surface area contributed by atoms with Gasteiger partial charge in [-0.25, -0.2) is 0 Å². The first-order valence-electron chi connectivity index (χ1n) is 6.99. The number of ether oxygens (including phenoxy) is 1. The first-order chi connectivity index (χ1) is 10.2. The minimum Gasteiger partial charge on any atom is -0.492 e. The second kappa shape index (κ2) is 7.33. The second-order valence-corrected chi connectivity index (χ2v) is 4.57. The minimum atomic E-state index is -0.00694. The highest BCUT2D eigenvalue weighted by molar-refractivity contribution is 5.95. The Morgan fingerprint density at radius 2 is 1.76 bits per heavy atom. The lowest BCUT2D eigenvalue weighted by Gasteiger charge is -2.18. The zero-order chi connectivity index (χ0) is 15.1. The standard InChI is InChI=1S/C17H20N2O2/c1-3-21-16-12-8-7-11-15(16)18-13-17(20)19(2)14-9-5-4-6-10-14/h4-12,18H,3,13H2,1-2H3. The number of hydrogen-bond acceptors (Lipinski definition) is 3. The van der Waals surface area contributed by atoms with Gasteiger partial charge in [-0.1, -0.05) is 30.3 Å². The van der Waals surface area contributed by atoms with Crippen LogP contribution in [-0.2, 0) is 4.79 Å². The summed E-state index contributed by atoms with van der Waals surface area (Å²) in [4.78, 5) is 13.8. The van der Waals surface area contributed by atoms with Crippen LogP contribution >= 0.6 is 0 Å². The summed E-state index contributed by atoms with van der Waals surface area (Å²) >= 11 is 0. The molecule has 2 aromatic rings. The first kappa shape index (κ1) is 14.9. The van der Waals surface area contributed by atoms with E-state index in [2.05, 4.69) is 5.32 Å². The SMILES string of the molecule is CCOc1ccccc1NCC(=O)N(C)c1ccccc1. The largest absolute Gasteiger partial charge is 0.492 e. The fourth-order valence-electron chi connectivity index (χ4n) is 1.98. The molecule has 4 heteroatoms. The number of likely N-dealkylation sites (N-methyl/N-ethyl adjacent to an activating group) is 1. The van der Waals surface area contributed by atoms with Gasteiger partial charge in [0.1, 0.15) is 5.75 Å². The highest BCUT2D eigenvalue weighted by Gasteiger charge is 2.11. The first-order valence-corrected chi connectivity index (χ1v) is 6.99. The molecular weight excluding hydrogens is 264 g/mol. The lowest BCUT2D eigenvalue weighted by molar-refractivity contribution is -0.116. The van der Waals surface area contributed by atoms with Gasteiger partial charge in [0.05, 0.1) is 18.8 Å². The Labute approximate surface area is 125 Å². The summed E-state index contributed by atoms with van der Waals surface area (Å²) in [5, 5.41) is 3.13. The Kier molecular flexibility index (Phi) is 5.21. The van der Waals surface area contributed by atoms with E-state index in [0.717, 1.165) is 17.1 Å². The number of nitrogens with one attached hydrogen (secondary N) is 1. The third kappa shape index (κ3) is 3.99. The minimum absolute atomic E-state index is 0.00694. The highest BCUT2D eigenvalue weighted by atomic mass is 16.5. The quantitative estimate of drug-likeness (QED) is 0.886. The number of nitrogens with zero attached hydrogens (tertiary/aromatic N) is 1. The predicted molar refractivity (Wildman–Crippen MR) is 86.0 cm³/mol. The van der Waals surface area contributed by atoms with Crippen LogP contribution in [0.15, 0.2) is 54.6 Å². The number of benzene rings is 2. The maximum atomic E-state index is 12.2. The van der Waals surface area contributed by atoms with Crippen LogP contribution in [0.1, 0.15) is 6.92 Å². The van der Waals surface area contributed by atoms with Gasteiger partial charge < -0.3 is 15.0 Å². The van der Waals surface area contributed by atoms with E-state index in [4.69, 9.17) is 4.74 Å². The van der Waals surface area contributed by atoms with Crippen LogP contribution in [0, 0.1) is 0 Å². The highest BCUT2D eigenvalue weighted by Crippen LogP contribution is 2.23. The van der Waals surface area contributed by atoms with Crippen LogP contribution < -0.4 is 15.0 Å². The summed E-state index contributed by atoms with van der Waals surface area (Å²) in [5.41, 5.74) is 1.71. The van der Waals surface area contributed by atoms with E-state index in [1.807, 2.05) is 61.5 Å². The summed E-state index contributed by atoms with van der Waals surface area (Å²) in [5.74, 6) is 0.752. The van der Waals surface area contributed by atoms with Gasteiger partial charge in [-0.2, -0.15) is 0 Å². The molecule has 0 aliphatic carbocycles. The molecule has 1 N–H and O–H groups in total. The monoisotopic (exact) mass is 284 g/mol. The van der Waals surface area contributed by atoms with E-state index in [-0.39, 0.29) is 12.5 Å². The molecular formula is C17H20N2O2. The molecule has 21 heavy (non-hydrogen) atoms. The Hall–Kier alpha value is -2.49. The molecule has 0 saturated carbocycles. The molecule has 2 aromatic carbocycles. The van der Waals surface area contributed by atoms with Gasteiger partial charge in [0.15, 0.2) is 0 Å². The molecule has 1 amide bonds. The molecule has 0 aromatic heterocycles. The smallest absolute Gasteiger partial charge is 0.246 e. The fraction of sp³-hybridized carbons (Fsp3) is 0.235. The molecule has 0 saturated heterocycles. The Bertz CT molecular complexity index is 584. The van der Waals surface area contributed by atoms with Crippen molar-refractivity contribution in [1.29, 1.82) is 0 Å². The summed E-state index contributed by atoms with van der Waals surface area (Å²) in [6.07, 6.45) is 0. The Balaban J connectivity index is 1.98. The molecule has 4 nitrogen and oxygen atoms in total. The van der Waals surface area contributed by atoms with Gasteiger partial charge >= 0.3 is 0 Å². The molecule has 110 valence electrons. The molecule has 0 bridgehead atoms. The van der Waals surface area contributed by atoms with Gasteiger partial charge in [0.25, 0.3) is 0 Å². The number of rotatable bonds is 6. The van der Waals surface area contributed by atoms with Crippen molar-refractivity contribution in [2.24, 2.45) is 0 Å². The molecule has 0 fully saturated rings. The number of amides is 1. The van der Waals surface area contributed by atoms with Crippen LogP contribution in [0.5, 0.6) is 5.75 Å². The topological polar surface area (TPSA) is 41.6 Å². The normalized spacial score (nSPS) is 10.0. The van der Waals surface area contributed by atoms with Gasteiger partial charge in [-0.3, -0.25) is 4.79 Å². The third-order valence-electron chi connectivity index (χ3n) is 3.13. The van der Waals surface area contributed by atoms with E-state index in [1.165, 1.54) is 0 Å². The lowest BCUT2D eigenvalue weighted by atomic mass is 10.2. The van der Waals surface area contributed by atoms with Crippen molar-refractivity contribution in [2.45, 2.75) is 6.92 Å². The van der Waals surface area contributed by atoms with Crippen LogP contribution in [0.4, 0.5) is 11.4 Å². The van der Waals surface area contributed by atoms with E-state index in [1.54, 1.807) is 11.9 Å². The maximum Gasteiger partial charge on any atom is 0.246 e. The molecule has 0 radical (unpaired) electrons. The Morgan fingerprint density at radius 1 is 1.10 bits per heavy atom. The van der Waals surface area contributed by atoms with Crippen molar-refractivity contribution in [3.8, 4) is 5.75 Å². The van der Waals surface area contributed by atoms with Crippen LogP contribution in [-0.4, -0.2) is 26.1 Å². The maximum absolute atomic E-state index is 12.2. The van der Waals surface area contributed by atoms with Crippen molar-refractivity contribution >= 4 is 17.3 Å². The average Bonchev–Trinajstić information content (AvgIpc) is 2.54. The van der Waals surface area contributed by atoms with Gasteiger partial charge in [-0.15, -0.1) is 0 Å². The number of carbonyl (C=O) groups is 1. The average molecular weight is 284 g/mol. The molecule has 0 aliphatic rings. The van der Waals surface area contributed by atoms with Crippen molar-refractivity contribution in [2.75, 3.05) is 30.4 Å². The van der Waals surface area contributed by atoms with Crippen molar-refractivity contribution in [1.82, 2.24) is 0 Å². The van der Waals surface area contributed by atoms with E-state index in [9.17, 15) is 4.79 Å². The third-order valence-corrected chi connectivity index (χ3v) is 3.13. The summed E-state index contributed by atoms with van der Waals surface area (Å²) in [7, 11) is 1.77. The lowest BCUT2D eigenvalue weighted by Crippen LogP contribution is -2.32. The van der Waals surface area contributed by atoms with Gasteiger partial charge in [-0.05, 0) is 31.2 Å². The molecule has 0 atom stereocenters. The van der Waals surface area contributed by atoms with Crippen LogP contribution in [0.25, 0.3) is 0 Å². The summed E-state index contributed by atoms with van der Waals surface area (Å²) in [6, 6.07) is 17.2. The van der Waals surface area contributed by atoms with Crippen LogP contribution in [0.3, 0.4) is 0 Å². The van der Waals surface area contributed by atoms with Crippen molar-refractivity contribution < 1.29 is 9.53 Å². The van der Waals surface area contributed by atoms with Gasteiger partial charge in [0.2, 0.25) is 5.91 Å². The second-order valence-electron chi connectivity index (χ2n) is 4.57. The molecule has 0 aliphatic heterocycles. The predicted octanol–water partition coefficient (Wildman–Crippen LogP) is 3.16. The van der Waals surface area contributed by atoms with E-state index < -0.39 is 0 Å². The molecule has 0 unspecified atom stereocenters. The van der Waals surface area contributed by atoms with Crippen molar-refractivity contribution in [3.63, 3.8) is 0 Å². The zero-order valence-electron chi connectivity index (χ0n) is 12.4. The molecule has 0 heterocycles. The fourth-order valence-corrected chi connectivity index (χ4v) is 1.98. The summed E-state index contributed by atoms with van der Waals surface area (Å²) in [6.45, 7) is 2.75.